The summed E-state index contributed by atoms with van der Waals surface area (Å²) in [4.78, 5) is 44.8. The second kappa shape index (κ2) is 21.1. The quantitative estimate of drug-likeness (QED) is 0.0382. The van der Waals surface area contributed by atoms with Crippen molar-refractivity contribution in [2.45, 2.75) is 117 Å². The van der Waals surface area contributed by atoms with E-state index in [1.807, 2.05) is 0 Å². The summed E-state index contributed by atoms with van der Waals surface area (Å²) in [6.45, 7) is -4.12. The molecule has 3 rings (SSSR count). The molecule has 0 aromatic rings. The predicted molar refractivity (Wildman–Crippen MR) is 155 cm³/mol. The van der Waals surface area contributed by atoms with Crippen LogP contribution in [-0.2, 0) is 61.8 Å². The third-order valence-electron chi connectivity index (χ3n) is 8.09. The van der Waals surface area contributed by atoms with Gasteiger partial charge in [-0.3, -0.25) is 9.59 Å². The largest absolute Gasteiger partial charge is 0.394 e. The molecule has 0 spiro atoms. The molecule has 52 heavy (non-hydrogen) atoms. The van der Waals surface area contributed by atoms with Gasteiger partial charge >= 0.3 is 0 Å². The molecule has 3 aliphatic rings. The molecule has 0 radical (unpaired) electrons. The van der Waals surface area contributed by atoms with Crippen molar-refractivity contribution in [1.29, 1.82) is 0 Å². The van der Waals surface area contributed by atoms with Gasteiger partial charge in [-0.15, -0.1) is 0 Å². The standard InChI is InChI=1S/C28H44O24/c29-1-10(2-30)46-15(6-34)44-8-13-18(37)24(22(41)26(43)48-13)51-28-23(42)25(52-27-21(40)20(39)17(36)12(5-33)49-27)19(38)14(50-28)9-45-16(7-35)47-11(3-31)4-32/h1,3,6-7,10-28,30,32-33,36-43H,2,4-5,8-9H2/t10?,11?,12?,13?,14?,15-,16-,17+,18+,19+,20+,21?,22?,23?,24+,25+,26-,27+,28+/m1/s1. The Morgan fingerprint density at radius 1 is 0.500 bits per heavy atom. The topological polar surface area (TPSA) is 374 Å². The van der Waals surface area contributed by atoms with Gasteiger partial charge in [0, 0.05) is 0 Å². The lowest BCUT2D eigenvalue weighted by molar-refractivity contribution is -0.381. The molecule has 19 atom stereocenters. The molecule has 300 valence electrons. The molecule has 11 N–H and O–H groups in total. The van der Waals surface area contributed by atoms with E-state index in [2.05, 4.69) is 0 Å². The lowest BCUT2D eigenvalue weighted by Crippen LogP contribution is -2.67. The van der Waals surface area contributed by atoms with Crippen molar-refractivity contribution in [3.8, 4) is 0 Å². The van der Waals surface area contributed by atoms with E-state index in [0.29, 0.717) is 0 Å². The second-order valence-corrected chi connectivity index (χ2v) is 11.6. The Hall–Kier alpha value is -2.12. The van der Waals surface area contributed by atoms with Crippen LogP contribution in [0.5, 0.6) is 0 Å². The summed E-state index contributed by atoms with van der Waals surface area (Å²) in [7, 11) is 0. The highest BCUT2D eigenvalue weighted by molar-refractivity contribution is 5.59. The zero-order chi connectivity index (χ0) is 38.7. The molecule has 24 nitrogen and oxygen atoms in total. The van der Waals surface area contributed by atoms with E-state index in [-0.39, 0.29) is 25.1 Å². The third-order valence-corrected chi connectivity index (χ3v) is 8.09. The smallest absolute Gasteiger partial charge is 0.215 e. The summed E-state index contributed by atoms with van der Waals surface area (Å²) in [6.07, 6.45) is -34.9. The lowest BCUT2D eigenvalue weighted by Gasteiger charge is -2.48. The Bertz CT molecular complexity index is 1100. The molecule has 3 saturated heterocycles. The van der Waals surface area contributed by atoms with Crippen LogP contribution in [0.3, 0.4) is 0 Å². The second-order valence-electron chi connectivity index (χ2n) is 11.6. The summed E-state index contributed by atoms with van der Waals surface area (Å²) >= 11 is 0. The monoisotopic (exact) mass is 764 g/mol. The van der Waals surface area contributed by atoms with Crippen LogP contribution in [0.15, 0.2) is 0 Å². The van der Waals surface area contributed by atoms with Gasteiger partial charge in [-0.25, -0.2) is 0 Å². The molecule has 24 heteroatoms. The maximum absolute atomic E-state index is 11.5. The first-order chi connectivity index (χ1) is 24.8. The number of carbonyl (C=O) groups excluding carboxylic acids is 4. The van der Waals surface area contributed by atoms with Gasteiger partial charge in [0.15, 0.2) is 44.0 Å². The normalized spacial score (nSPS) is 40.6. The molecular weight excluding hydrogens is 720 g/mol. The molecule has 3 fully saturated rings. The van der Waals surface area contributed by atoms with Gasteiger partial charge in [0.1, 0.15) is 85.5 Å². The Morgan fingerprint density at radius 3 is 1.38 bits per heavy atom. The van der Waals surface area contributed by atoms with E-state index in [1.165, 1.54) is 0 Å². The van der Waals surface area contributed by atoms with E-state index >= 15 is 0 Å². The van der Waals surface area contributed by atoms with Crippen LogP contribution in [-0.4, -0.2) is 231 Å². The minimum absolute atomic E-state index is 0.0770. The highest BCUT2D eigenvalue weighted by Crippen LogP contribution is 2.33. The summed E-state index contributed by atoms with van der Waals surface area (Å²) in [6, 6.07) is 0. The average Bonchev–Trinajstić information content (AvgIpc) is 3.15. The van der Waals surface area contributed by atoms with Gasteiger partial charge in [-0.1, -0.05) is 0 Å². The molecule has 0 aliphatic carbocycles. The van der Waals surface area contributed by atoms with Crippen molar-refractivity contribution in [2.24, 2.45) is 0 Å². The van der Waals surface area contributed by atoms with Crippen LogP contribution in [0.1, 0.15) is 0 Å². The van der Waals surface area contributed by atoms with E-state index in [1.54, 1.807) is 0 Å². The fraction of sp³-hybridized carbons (Fsp3) is 0.857. The number of ether oxygens (including phenoxy) is 9. The summed E-state index contributed by atoms with van der Waals surface area (Å²) in [5.41, 5.74) is 0. The van der Waals surface area contributed by atoms with Gasteiger partial charge in [0.05, 0.1) is 33.0 Å². The Labute approximate surface area is 293 Å². The zero-order valence-corrected chi connectivity index (χ0v) is 27.0. The van der Waals surface area contributed by atoms with E-state index in [9.17, 15) is 70.2 Å². The van der Waals surface area contributed by atoms with Gasteiger partial charge in [0.25, 0.3) is 0 Å². The molecule has 0 bridgehead atoms. The number of aldehydes is 4. The number of rotatable bonds is 21. The Balaban J connectivity index is 1.84. The first kappa shape index (κ1) is 44.3. The van der Waals surface area contributed by atoms with Gasteiger partial charge in [0.2, 0.25) is 12.6 Å². The fourth-order valence-corrected chi connectivity index (χ4v) is 5.20. The fourth-order valence-electron chi connectivity index (χ4n) is 5.20. The Kier molecular flexibility index (Phi) is 18.0. The summed E-state index contributed by atoms with van der Waals surface area (Å²) in [5, 5.41) is 113. The number of aliphatic hydroxyl groups excluding tert-OH is 11. The van der Waals surface area contributed by atoms with Crippen molar-refractivity contribution < 1.29 is 118 Å². The molecule has 0 aromatic heterocycles. The number of hydrogen-bond donors (Lipinski definition) is 11. The highest BCUT2D eigenvalue weighted by atomic mass is 16.8. The summed E-state index contributed by atoms with van der Waals surface area (Å²) < 4.78 is 47.5. The maximum atomic E-state index is 11.5. The van der Waals surface area contributed by atoms with Crippen LogP contribution in [0.25, 0.3) is 0 Å². The van der Waals surface area contributed by atoms with Crippen LogP contribution >= 0.6 is 0 Å². The van der Waals surface area contributed by atoms with Crippen LogP contribution in [0.2, 0.25) is 0 Å². The molecule has 0 amide bonds. The van der Waals surface area contributed by atoms with Gasteiger partial charge < -0.3 is 108 Å². The molecule has 0 aromatic carbocycles. The van der Waals surface area contributed by atoms with Crippen molar-refractivity contribution in [3.05, 3.63) is 0 Å². The van der Waals surface area contributed by atoms with Gasteiger partial charge in [-0.05, 0) is 0 Å². The zero-order valence-electron chi connectivity index (χ0n) is 27.0. The SMILES string of the molecule is O=CC(CO)O[C@H](C=O)OCC1O[C@@H](O[C@@H]2C(O)[C@H](O)OC(CO[C@@H](C=O)OC(C=O)CO)[C@@H]2O)C(O)[C@@H](O[C@@H]2OC(CO)[C@H](O)[C@H](O)C2O)[C@H]1O. The van der Waals surface area contributed by atoms with Crippen molar-refractivity contribution >= 4 is 25.1 Å². The van der Waals surface area contributed by atoms with Gasteiger partial charge in [-0.2, -0.15) is 0 Å². The van der Waals surface area contributed by atoms with Crippen LogP contribution in [0, 0.1) is 0 Å². The van der Waals surface area contributed by atoms with Crippen molar-refractivity contribution in [2.75, 3.05) is 33.0 Å². The summed E-state index contributed by atoms with van der Waals surface area (Å²) in [5.74, 6) is 0. The van der Waals surface area contributed by atoms with Crippen LogP contribution < -0.4 is 0 Å². The Morgan fingerprint density at radius 2 is 0.942 bits per heavy atom. The lowest BCUT2D eigenvalue weighted by atomic mass is 9.96. The first-order valence-electron chi connectivity index (χ1n) is 15.7. The van der Waals surface area contributed by atoms with Crippen molar-refractivity contribution in [3.63, 3.8) is 0 Å². The number of hydrogen-bond acceptors (Lipinski definition) is 24. The predicted octanol–water partition coefficient (Wildman–Crippen LogP) is -9.32. The van der Waals surface area contributed by atoms with E-state index in [4.69, 9.17) is 47.7 Å². The molecule has 3 heterocycles. The molecule has 3 aliphatic heterocycles. The van der Waals surface area contributed by atoms with E-state index in [0.717, 1.165) is 0 Å². The van der Waals surface area contributed by atoms with Crippen LogP contribution in [0.4, 0.5) is 0 Å². The number of aliphatic hydroxyl groups is 11. The third kappa shape index (κ3) is 11.0. The number of carbonyl (C=O) groups is 4. The molecule has 0 saturated carbocycles. The minimum Gasteiger partial charge on any atom is -0.394 e. The highest BCUT2D eigenvalue weighted by Gasteiger charge is 2.54. The van der Waals surface area contributed by atoms with E-state index < -0.39 is 150 Å². The minimum atomic E-state index is -2.16. The first-order valence-corrected chi connectivity index (χ1v) is 15.7. The molecular formula is C28H44O24. The average molecular weight is 765 g/mol. The van der Waals surface area contributed by atoms with Crippen molar-refractivity contribution in [1.82, 2.24) is 0 Å². The maximum Gasteiger partial charge on any atom is 0.215 e. The molecule has 8 unspecified atom stereocenters.